The van der Waals surface area contributed by atoms with E-state index in [2.05, 4.69) is 34.1 Å². The zero-order valence-electron chi connectivity index (χ0n) is 8.37. The van der Waals surface area contributed by atoms with Crippen molar-refractivity contribution in [3.8, 4) is 6.07 Å². The average molecular weight is 282 g/mol. The highest BCUT2D eigenvalue weighted by Gasteiger charge is 2.34. The summed E-state index contributed by atoms with van der Waals surface area (Å²) < 4.78 is 0.935. The fourth-order valence-corrected chi connectivity index (χ4v) is 3.46. The molecule has 1 heterocycles. The molecule has 1 aromatic rings. The van der Waals surface area contributed by atoms with Crippen molar-refractivity contribution in [2.75, 3.05) is 5.75 Å². The third kappa shape index (κ3) is 2.56. The molecule has 78 valence electrons. The van der Waals surface area contributed by atoms with E-state index in [0.717, 1.165) is 23.1 Å². The maximum absolute atomic E-state index is 9.25. The third-order valence-electron chi connectivity index (χ3n) is 2.71. The van der Waals surface area contributed by atoms with Gasteiger partial charge in [0.25, 0.3) is 0 Å². The molecule has 1 aliphatic rings. The molecule has 15 heavy (non-hydrogen) atoms. The Morgan fingerprint density at radius 2 is 2.13 bits per heavy atom. The van der Waals surface area contributed by atoms with Crippen molar-refractivity contribution in [1.82, 2.24) is 0 Å². The van der Waals surface area contributed by atoms with Crippen LogP contribution in [0.15, 0.2) is 28.7 Å². The largest absolute Gasteiger partial charge is 0.197 e. The van der Waals surface area contributed by atoms with E-state index in [1.807, 2.05) is 23.9 Å². The van der Waals surface area contributed by atoms with E-state index < -0.39 is 0 Å². The van der Waals surface area contributed by atoms with Crippen LogP contribution in [0.2, 0.25) is 0 Å². The summed E-state index contributed by atoms with van der Waals surface area (Å²) in [5, 5.41) is 9.25. The van der Waals surface area contributed by atoms with Crippen LogP contribution in [-0.4, -0.2) is 10.5 Å². The Morgan fingerprint density at radius 3 is 2.67 bits per heavy atom. The predicted octanol–water partition coefficient (Wildman–Crippen LogP) is 3.78. The van der Waals surface area contributed by atoms with Crippen molar-refractivity contribution in [2.45, 2.75) is 24.0 Å². The Morgan fingerprint density at radius 1 is 1.40 bits per heavy atom. The van der Waals surface area contributed by atoms with Crippen LogP contribution in [0.5, 0.6) is 0 Å². The second-order valence-electron chi connectivity index (χ2n) is 3.86. The van der Waals surface area contributed by atoms with Gasteiger partial charge in [0.15, 0.2) is 0 Å². The Bertz CT molecular complexity index is 374. The van der Waals surface area contributed by atoms with Crippen LogP contribution in [0.3, 0.4) is 0 Å². The van der Waals surface area contributed by atoms with Gasteiger partial charge in [-0.05, 0) is 36.3 Å². The highest BCUT2D eigenvalue weighted by atomic mass is 79.9. The van der Waals surface area contributed by atoms with E-state index >= 15 is 0 Å². The first-order valence-corrected chi connectivity index (χ1v) is 6.82. The molecule has 0 spiro atoms. The highest BCUT2D eigenvalue weighted by molar-refractivity contribution is 9.10. The topological polar surface area (TPSA) is 23.8 Å². The van der Waals surface area contributed by atoms with E-state index in [9.17, 15) is 5.26 Å². The highest BCUT2D eigenvalue weighted by Crippen LogP contribution is 2.40. The standard InChI is InChI=1S/C12H12BrNS/c13-11-4-2-10(3-5-11)8-12(9-14)6-1-7-15-12/h2-5H,1,6-8H2. The molecular weight excluding hydrogens is 270 g/mol. The van der Waals surface area contributed by atoms with Crippen LogP contribution in [0, 0.1) is 11.3 Å². The molecule has 1 fully saturated rings. The van der Waals surface area contributed by atoms with Gasteiger partial charge in [-0.2, -0.15) is 5.26 Å². The van der Waals surface area contributed by atoms with Crippen LogP contribution < -0.4 is 0 Å². The Hall–Kier alpha value is -0.460. The van der Waals surface area contributed by atoms with Gasteiger partial charge >= 0.3 is 0 Å². The van der Waals surface area contributed by atoms with Gasteiger partial charge in [-0.25, -0.2) is 0 Å². The summed E-state index contributed by atoms with van der Waals surface area (Å²) in [6.07, 6.45) is 3.08. The molecule has 1 atom stereocenters. The third-order valence-corrected chi connectivity index (χ3v) is 4.72. The summed E-state index contributed by atoms with van der Waals surface area (Å²) >= 11 is 5.23. The van der Waals surface area contributed by atoms with E-state index in [4.69, 9.17) is 0 Å². The number of benzene rings is 1. The van der Waals surface area contributed by atoms with Gasteiger partial charge < -0.3 is 0 Å². The van der Waals surface area contributed by atoms with Gasteiger partial charge in [0.05, 0.1) is 6.07 Å². The molecule has 3 heteroatoms. The van der Waals surface area contributed by atoms with Gasteiger partial charge in [-0.15, -0.1) is 11.8 Å². The first kappa shape index (κ1) is 11.0. The van der Waals surface area contributed by atoms with Crippen LogP contribution in [0.25, 0.3) is 0 Å². The van der Waals surface area contributed by atoms with Crippen molar-refractivity contribution < 1.29 is 0 Å². The summed E-state index contributed by atoms with van der Waals surface area (Å²) in [6, 6.07) is 10.8. The zero-order valence-corrected chi connectivity index (χ0v) is 10.8. The second-order valence-corrected chi connectivity index (χ2v) is 6.26. The van der Waals surface area contributed by atoms with Gasteiger partial charge in [0, 0.05) is 10.9 Å². The fraction of sp³-hybridized carbons (Fsp3) is 0.417. The predicted molar refractivity (Wildman–Crippen MR) is 67.9 cm³/mol. The van der Waals surface area contributed by atoms with E-state index in [1.54, 1.807) is 0 Å². The van der Waals surface area contributed by atoms with Crippen LogP contribution in [-0.2, 0) is 6.42 Å². The quantitative estimate of drug-likeness (QED) is 0.824. The number of halogens is 1. The fourth-order valence-electron chi connectivity index (χ4n) is 1.90. The minimum absolute atomic E-state index is 0.159. The molecule has 0 radical (unpaired) electrons. The lowest BCUT2D eigenvalue weighted by atomic mass is 9.96. The molecule has 1 saturated heterocycles. The number of nitrogens with zero attached hydrogens (tertiary/aromatic N) is 1. The minimum Gasteiger partial charge on any atom is -0.197 e. The van der Waals surface area contributed by atoms with Crippen molar-refractivity contribution in [2.24, 2.45) is 0 Å². The molecule has 2 rings (SSSR count). The van der Waals surface area contributed by atoms with Crippen molar-refractivity contribution >= 4 is 27.7 Å². The molecule has 0 N–H and O–H groups in total. The summed E-state index contributed by atoms with van der Waals surface area (Å²) in [6.45, 7) is 0. The Labute approximate surface area is 103 Å². The number of rotatable bonds is 2. The first-order valence-electron chi connectivity index (χ1n) is 5.04. The maximum Gasteiger partial charge on any atom is 0.106 e. The molecular formula is C12H12BrNS. The lowest BCUT2D eigenvalue weighted by Gasteiger charge is -2.19. The number of thioether (sulfide) groups is 1. The average Bonchev–Trinajstić information content (AvgIpc) is 2.71. The molecule has 1 aromatic carbocycles. The van der Waals surface area contributed by atoms with Gasteiger partial charge in [0.2, 0.25) is 0 Å². The van der Waals surface area contributed by atoms with Gasteiger partial charge in [-0.1, -0.05) is 28.1 Å². The van der Waals surface area contributed by atoms with Crippen molar-refractivity contribution in [3.05, 3.63) is 34.3 Å². The normalized spacial score (nSPS) is 25.1. The molecule has 0 amide bonds. The summed E-state index contributed by atoms with van der Waals surface area (Å²) in [4.78, 5) is 0. The molecule has 0 aliphatic carbocycles. The smallest absolute Gasteiger partial charge is 0.106 e. The molecule has 1 unspecified atom stereocenters. The second kappa shape index (κ2) is 4.59. The Kier molecular flexibility index (Phi) is 3.38. The van der Waals surface area contributed by atoms with Crippen LogP contribution >= 0.6 is 27.7 Å². The number of nitriles is 1. The lowest BCUT2D eigenvalue weighted by Crippen LogP contribution is -2.21. The molecule has 1 nitrogen and oxygen atoms in total. The zero-order chi connectivity index (χ0) is 10.7. The summed E-state index contributed by atoms with van der Waals surface area (Å²) in [5.41, 5.74) is 1.26. The van der Waals surface area contributed by atoms with Gasteiger partial charge in [-0.3, -0.25) is 0 Å². The number of hydrogen-bond acceptors (Lipinski definition) is 2. The van der Waals surface area contributed by atoms with E-state index in [1.165, 1.54) is 12.0 Å². The molecule has 1 aliphatic heterocycles. The molecule has 0 saturated carbocycles. The van der Waals surface area contributed by atoms with Crippen molar-refractivity contribution in [1.29, 1.82) is 5.26 Å². The molecule has 0 bridgehead atoms. The van der Waals surface area contributed by atoms with Crippen molar-refractivity contribution in [3.63, 3.8) is 0 Å². The monoisotopic (exact) mass is 281 g/mol. The Balaban J connectivity index is 2.14. The minimum atomic E-state index is -0.159. The van der Waals surface area contributed by atoms with Crippen LogP contribution in [0.4, 0.5) is 0 Å². The maximum atomic E-state index is 9.25. The summed E-state index contributed by atoms with van der Waals surface area (Å²) in [5.74, 6) is 1.13. The van der Waals surface area contributed by atoms with Crippen LogP contribution in [0.1, 0.15) is 18.4 Å². The lowest BCUT2D eigenvalue weighted by molar-refractivity contribution is 0.672. The number of hydrogen-bond donors (Lipinski definition) is 0. The van der Waals surface area contributed by atoms with E-state index in [0.29, 0.717) is 0 Å². The first-order chi connectivity index (χ1) is 7.24. The SMILES string of the molecule is N#CC1(Cc2ccc(Br)cc2)CCCS1. The van der Waals surface area contributed by atoms with Gasteiger partial charge in [0.1, 0.15) is 4.75 Å². The van der Waals surface area contributed by atoms with E-state index in [-0.39, 0.29) is 4.75 Å². The molecule has 0 aromatic heterocycles. The summed E-state index contributed by atoms with van der Waals surface area (Å²) in [7, 11) is 0.